The molecule has 1 aromatic carbocycles. The van der Waals surface area contributed by atoms with Crippen LogP contribution in [-0.4, -0.2) is 31.7 Å². The molecule has 0 aliphatic carbocycles. The quantitative estimate of drug-likeness (QED) is 0.630. The minimum atomic E-state index is -1.51. The molecular weight excluding hydrogens is 304 g/mol. The third-order valence-corrected chi connectivity index (χ3v) is 5.17. The Morgan fingerprint density at radius 2 is 2.09 bits per heavy atom. The standard InChI is InChI=1S/C15H20N2O4S/c1-5-10(2)22(20)16-13-11-8-6-7-9-12(11)21-15(3,4)14(13)17(18)19/h6-10,14H,5H2,1-4H3/t10-,14?,22?/m1/s1. The SMILES string of the molecule is CC[C@@H](C)S(=O)N=C1c2ccccc2OC(C)(C)C1[N+](=O)[O-]. The molecule has 1 aliphatic heterocycles. The van der Waals surface area contributed by atoms with Gasteiger partial charge >= 0.3 is 0 Å². The molecule has 0 saturated carbocycles. The van der Waals surface area contributed by atoms with Gasteiger partial charge in [-0.15, -0.1) is 0 Å². The Morgan fingerprint density at radius 1 is 1.45 bits per heavy atom. The molecule has 0 bridgehead atoms. The number of nitro groups is 1. The maximum atomic E-state index is 12.3. The number of ether oxygens (including phenoxy) is 1. The molecule has 0 N–H and O–H groups in total. The number of rotatable bonds is 4. The predicted octanol–water partition coefficient (Wildman–Crippen LogP) is 2.75. The maximum Gasteiger partial charge on any atom is 0.294 e. The minimum absolute atomic E-state index is 0.155. The zero-order valence-electron chi connectivity index (χ0n) is 13.1. The van der Waals surface area contributed by atoms with Crippen LogP contribution in [0.4, 0.5) is 0 Å². The van der Waals surface area contributed by atoms with Gasteiger partial charge in [0.25, 0.3) is 6.04 Å². The van der Waals surface area contributed by atoms with Crippen molar-refractivity contribution in [2.75, 3.05) is 0 Å². The first-order valence-electron chi connectivity index (χ1n) is 7.19. The van der Waals surface area contributed by atoms with E-state index in [2.05, 4.69) is 4.40 Å². The van der Waals surface area contributed by atoms with Crippen molar-refractivity contribution >= 4 is 16.7 Å². The van der Waals surface area contributed by atoms with Gasteiger partial charge in [0.2, 0.25) is 0 Å². The third-order valence-electron chi connectivity index (χ3n) is 3.77. The van der Waals surface area contributed by atoms with Crippen LogP contribution in [0.1, 0.15) is 39.7 Å². The fourth-order valence-corrected chi connectivity index (χ4v) is 3.22. The summed E-state index contributed by atoms with van der Waals surface area (Å²) >= 11 is 0. The molecule has 22 heavy (non-hydrogen) atoms. The van der Waals surface area contributed by atoms with Crippen molar-refractivity contribution in [1.82, 2.24) is 0 Å². The highest BCUT2D eigenvalue weighted by molar-refractivity contribution is 7.84. The van der Waals surface area contributed by atoms with Crippen molar-refractivity contribution in [3.63, 3.8) is 0 Å². The van der Waals surface area contributed by atoms with E-state index in [-0.39, 0.29) is 11.0 Å². The molecule has 0 fully saturated rings. The monoisotopic (exact) mass is 324 g/mol. The highest BCUT2D eigenvalue weighted by atomic mass is 32.2. The molecule has 0 aromatic heterocycles. The molecule has 0 saturated heterocycles. The predicted molar refractivity (Wildman–Crippen MR) is 86.4 cm³/mol. The largest absolute Gasteiger partial charge is 0.479 e. The summed E-state index contributed by atoms with van der Waals surface area (Å²) in [6, 6.07) is 5.86. The van der Waals surface area contributed by atoms with Gasteiger partial charge in [-0.05, 0) is 39.3 Å². The van der Waals surface area contributed by atoms with E-state index in [4.69, 9.17) is 4.74 Å². The average molecular weight is 324 g/mol. The summed E-state index contributed by atoms with van der Waals surface area (Å²) in [7, 11) is -1.51. The van der Waals surface area contributed by atoms with Crippen molar-refractivity contribution in [3.8, 4) is 5.75 Å². The fraction of sp³-hybridized carbons (Fsp3) is 0.533. The topological polar surface area (TPSA) is 81.8 Å². The van der Waals surface area contributed by atoms with E-state index in [1.54, 1.807) is 38.1 Å². The van der Waals surface area contributed by atoms with Crippen LogP contribution in [0.3, 0.4) is 0 Å². The van der Waals surface area contributed by atoms with Gasteiger partial charge in [0.15, 0.2) is 5.60 Å². The van der Waals surface area contributed by atoms with Crippen molar-refractivity contribution in [2.24, 2.45) is 4.40 Å². The Morgan fingerprint density at radius 3 is 2.68 bits per heavy atom. The van der Waals surface area contributed by atoms with E-state index in [0.717, 1.165) is 0 Å². The molecule has 120 valence electrons. The Hall–Kier alpha value is -1.76. The zero-order chi connectivity index (χ0) is 16.5. The number of hydrogen-bond donors (Lipinski definition) is 0. The highest BCUT2D eigenvalue weighted by Crippen LogP contribution is 2.35. The van der Waals surface area contributed by atoms with Crippen LogP contribution in [0.15, 0.2) is 28.7 Å². The first-order chi connectivity index (χ1) is 10.3. The molecule has 2 unspecified atom stereocenters. The Bertz CT molecular complexity index is 642. The van der Waals surface area contributed by atoms with Crippen LogP contribution in [0.5, 0.6) is 5.75 Å². The van der Waals surface area contributed by atoms with Crippen LogP contribution in [0.2, 0.25) is 0 Å². The van der Waals surface area contributed by atoms with Crippen LogP contribution < -0.4 is 4.74 Å². The molecule has 3 atom stereocenters. The van der Waals surface area contributed by atoms with E-state index in [1.807, 2.05) is 13.8 Å². The molecule has 2 rings (SSSR count). The van der Waals surface area contributed by atoms with Crippen LogP contribution in [0, 0.1) is 10.1 Å². The van der Waals surface area contributed by atoms with Crippen LogP contribution in [0.25, 0.3) is 0 Å². The van der Waals surface area contributed by atoms with E-state index in [1.165, 1.54) is 0 Å². The average Bonchev–Trinajstić information content (AvgIpc) is 2.44. The van der Waals surface area contributed by atoms with E-state index in [0.29, 0.717) is 17.7 Å². The van der Waals surface area contributed by atoms with E-state index >= 15 is 0 Å². The normalized spacial score (nSPS) is 24.2. The second-order valence-corrected chi connectivity index (χ2v) is 7.40. The van der Waals surface area contributed by atoms with Crippen molar-refractivity contribution in [2.45, 2.75) is 51.0 Å². The van der Waals surface area contributed by atoms with Gasteiger partial charge in [-0.1, -0.05) is 19.1 Å². The molecule has 1 heterocycles. The highest BCUT2D eigenvalue weighted by Gasteiger charge is 2.50. The second kappa shape index (κ2) is 6.16. The third kappa shape index (κ3) is 3.04. The van der Waals surface area contributed by atoms with Gasteiger partial charge in [-0.3, -0.25) is 10.1 Å². The first kappa shape index (κ1) is 16.6. The van der Waals surface area contributed by atoms with Gasteiger partial charge in [-0.25, -0.2) is 4.21 Å². The zero-order valence-corrected chi connectivity index (χ0v) is 13.9. The lowest BCUT2D eigenvalue weighted by molar-refractivity contribution is -0.521. The molecule has 0 amide bonds. The van der Waals surface area contributed by atoms with Crippen molar-refractivity contribution in [1.29, 1.82) is 0 Å². The number of para-hydroxylation sites is 1. The second-order valence-electron chi connectivity index (χ2n) is 5.86. The number of fused-ring (bicyclic) bond motifs is 1. The van der Waals surface area contributed by atoms with Gasteiger partial charge in [0.1, 0.15) is 22.4 Å². The minimum Gasteiger partial charge on any atom is -0.479 e. The lowest BCUT2D eigenvalue weighted by Crippen LogP contribution is -2.54. The Kier molecular flexibility index (Phi) is 4.65. The smallest absolute Gasteiger partial charge is 0.294 e. The van der Waals surface area contributed by atoms with Crippen molar-refractivity contribution in [3.05, 3.63) is 39.9 Å². The summed E-state index contributed by atoms with van der Waals surface area (Å²) in [5.74, 6) is 0.533. The summed E-state index contributed by atoms with van der Waals surface area (Å²) in [5.41, 5.74) is -0.285. The Labute approximate surface area is 132 Å². The summed E-state index contributed by atoms with van der Waals surface area (Å²) in [6.07, 6.45) is 0.689. The Balaban J connectivity index is 2.61. The summed E-state index contributed by atoms with van der Waals surface area (Å²) in [5, 5.41) is 11.4. The van der Waals surface area contributed by atoms with Gasteiger partial charge < -0.3 is 4.74 Å². The summed E-state index contributed by atoms with van der Waals surface area (Å²) in [6.45, 7) is 7.03. The summed E-state index contributed by atoms with van der Waals surface area (Å²) < 4.78 is 22.3. The van der Waals surface area contributed by atoms with Gasteiger partial charge in [0.05, 0.1) is 5.25 Å². The molecule has 6 nitrogen and oxygen atoms in total. The van der Waals surface area contributed by atoms with Gasteiger partial charge in [-0.2, -0.15) is 4.40 Å². The number of benzene rings is 1. The first-order valence-corrected chi connectivity index (χ1v) is 8.36. The summed E-state index contributed by atoms with van der Waals surface area (Å²) in [4.78, 5) is 11.1. The molecule has 0 radical (unpaired) electrons. The molecule has 1 aromatic rings. The fourth-order valence-electron chi connectivity index (χ4n) is 2.37. The molecular formula is C15H20N2O4S. The van der Waals surface area contributed by atoms with Crippen LogP contribution in [-0.2, 0) is 11.0 Å². The lowest BCUT2D eigenvalue weighted by atomic mass is 9.87. The van der Waals surface area contributed by atoms with E-state index in [9.17, 15) is 14.3 Å². The van der Waals surface area contributed by atoms with Crippen LogP contribution >= 0.6 is 0 Å². The van der Waals surface area contributed by atoms with Crippen molar-refractivity contribution < 1.29 is 13.9 Å². The number of hydrogen-bond acceptors (Lipinski definition) is 4. The maximum absolute atomic E-state index is 12.3. The number of nitrogens with zero attached hydrogens (tertiary/aromatic N) is 2. The molecule has 1 aliphatic rings. The molecule has 0 spiro atoms. The van der Waals surface area contributed by atoms with E-state index < -0.39 is 27.6 Å². The molecule has 7 heteroatoms. The van der Waals surface area contributed by atoms with Gasteiger partial charge in [0, 0.05) is 10.5 Å². The lowest BCUT2D eigenvalue weighted by Gasteiger charge is -2.35.